The third-order valence-electron chi connectivity index (χ3n) is 4.24. The molecule has 26 heavy (non-hydrogen) atoms. The highest BCUT2D eigenvalue weighted by Gasteiger charge is 2.10. The van der Waals surface area contributed by atoms with E-state index in [0.29, 0.717) is 19.6 Å². The highest BCUT2D eigenvalue weighted by Crippen LogP contribution is 2.19. The fourth-order valence-electron chi connectivity index (χ4n) is 2.91. The highest BCUT2D eigenvalue weighted by molar-refractivity contribution is 6.08. The van der Waals surface area contributed by atoms with Crippen molar-refractivity contribution in [3.8, 4) is 0 Å². The summed E-state index contributed by atoms with van der Waals surface area (Å²) in [6.45, 7) is 2.99. The van der Waals surface area contributed by atoms with Gasteiger partial charge in [-0.2, -0.15) is 0 Å². The number of ketones is 1. The van der Waals surface area contributed by atoms with Crippen molar-refractivity contribution in [1.82, 2.24) is 0 Å². The van der Waals surface area contributed by atoms with Gasteiger partial charge in [-0.25, -0.2) is 0 Å². The number of Topliss-reactive ketones (excluding diaryl/α,β-unsaturated/α-hetero) is 1. The van der Waals surface area contributed by atoms with Gasteiger partial charge in [0.15, 0.2) is 5.78 Å². The second-order valence-electron chi connectivity index (χ2n) is 6.10. The van der Waals surface area contributed by atoms with Crippen LogP contribution in [-0.2, 0) is 11.3 Å². The van der Waals surface area contributed by atoms with Crippen LogP contribution in [0.15, 0.2) is 72.8 Å². The van der Waals surface area contributed by atoms with Gasteiger partial charge in [0, 0.05) is 5.56 Å². The second kappa shape index (κ2) is 10.7. The molecule has 3 nitrogen and oxygen atoms in total. The Kier molecular flexibility index (Phi) is 8.29. The summed E-state index contributed by atoms with van der Waals surface area (Å²) in [4.78, 5) is 12.5. The predicted octanol–water partition coefficient (Wildman–Crippen LogP) is 0.197. The lowest BCUT2D eigenvalue weighted by molar-refractivity contribution is -0.655. The molecule has 0 unspecified atom stereocenters. The van der Waals surface area contributed by atoms with E-state index in [1.807, 2.05) is 60.7 Å². The lowest BCUT2D eigenvalue weighted by Gasteiger charge is -2.06. The van der Waals surface area contributed by atoms with Crippen molar-refractivity contribution in [1.29, 1.82) is 0 Å². The molecular formula is C22H24ClNO2. The minimum absolute atomic E-state index is 0. The summed E-state index contributed by atoms with van der Waals surface area (Å²) in [5, 5.41) is 4.31. The van der Waals surface area contributed by atoms with Gasteiger partial charge in [0.2, 0.25) is 0 Å². The van der Waals surface area contributed by atoms with Crippen molar-refractivity contribution in [2.24, 2.45) is 0 Å². The molecule has 3 rings (SSSR count). The number of hydrogen-bond acceptors (Lipinski definition) is 2. The fraction of sp³-hybridized carbons (Fsp3) is 0.227. The number of carbonyl (C=O) groups excluding carboxylic acids is 1. The van der Waals surface area contributed by atoms with E-state index in [4.69, 9.17) is 4.74 Å². The van der Waals surface area contributed by atoms with Crippen molar-refractivity contribution in [3.63, 3.8) is 0 Å². The Morgan fingerprint density at radius 2 is 1.58 bits per heavy atom. The third kappa shape index (κ3) is 5.67. The summed E-state index contributed by atoms with van der Waals surface area (Å²) in [6.07, 6.45) is 0.548. The van der Waals surface area contributed by atoms with E-state index in [1.54, 1.807) is 0 Å². The van der Waals surface area contributed by atoms with Gasteiger partial charge in [-0.3, -0.25) is 4.79 Å². The normalized spacial score (nSPS) is 10.5. The Morgan fingerprint density at radius 1 is 0.846 bits per heavy atom. The Balaban J connectivity index is 0.00000243. The molecule has 0 aliphatic rings. The first-order chi connectivity index (χ1) is 12.3. The van der Waals surface area contributed by atoms with Gasteiger partial charge in [0.05, 0.1) is 32.7 Å². The van der Waals surface area contributed by atoms with Crippen LogP contribution in [0.2, 0.25) is 0 Å². The molecule has 0 aliphatic carbocycles. The van der Waals surface area contributed by atoms with Gasteiger partial charge < -0.3 is 22.5 Å². The van der Waals surface area contributed by atoms with E-state index in [2.05, 4.69) is 17.4 Å². The molecule has 0 saturated carbocycles. The SMILES string of the molecule is O=C(CC[NH2+]CCOCc1ccccc1)c1cccc2ccccc12.[Cl-]. The molecule has 0 spiro atoms. The maximum absolute atomic E-state index is 12.5. The smallest absolute Gasteiger partial charge is 0.169 e. The van der Waals surface area contributed by atoms with Gasteiger partial charge >= 0.3 is 0 Å². The average Bonchev–Trinajstić information content (AvgIpc) is 2.67. The van der Waals surface area contributed by atoms with E-state index in [-0.39, 0.29) is 18.2 Å². The van der Waals surface area contributed by atoms with E-state index in [1.165, 1.54) is 5.56 Å². The maximum Gasteiger partial charge on any atom is 0.169 e. The number of carbonyl (C=O) groups is 1. The molecule has 2 N–H and O–H groups in total. The standard InChI is InChI=1S/C22H23NO2.ClH/c24-22(21-12-6-10-19-9-4-5-11-20(19)21)13-14-23-15-16-25-17-18-7-2-1-3-8-18;/h1-12,23H,13-17H2;1H. The van der Waals surface area contributed by atoms with E-state index >= 15 is 0 Å². The molecule has 0 radical (unpaired) electrons. The fourth-order valence-corrected chi connectivity index (χ4v) is 2.91. The van der Waals surface area contributed by atoms with Crippen LogP contribution >= 0.6 is 0 Å². The topological polar surface area (TPSA) is 42.9 Å². The highest BCUT2D eigenvalue weighted by atomic mass is 35.5. The van der Waals surface area contributed by atoms with Gasteiger partial charge in [-0.15, -0.1) is 0 Å². The molecule has 0 fully saturated rings. The van der Waals surface area contributed by atoms with E-state index < -0.39 is 0 Å². The molecule has 3 aromatic rings. The van der Waals surface area contributed by atoms with Crippen molar-refractivity contribution in [2.45, 2.75) is 13.0 Å². The van der Waals surface area contributed by atoms with Crippen LogP contribution in [0.5, 0.6) is 0 Å². The van der Waals surface area contributed by atoms with Gasteiger partial charge in [0.25, 0.3) is 0 Å². The van der Waals surface area contributed by atoms with Crippen LogP contribution in [0, 0.1) is 0 Å². The Bertz CT molecular complexity index is 815. The zero-order valence-electron chi connectivity index (χ0n) is 14.7. The summed E-state index contributed by atoms with van der Waals surface area (Å²) in [5.74, 6) is 0.207. The molecule has 136 valence electrons. The van der Waals surface area contributed by atoms with Crippen LogP contribution < -0.4 is 17.7 Å². The number of hydrogen-bond donors (Lipinski definition) is 1. The third-order valence-corrected chi connectivity index (χ3v) is 4.24. The zero-order valence-corrected chi connectivity index (χ0v) is 15.5. The van der Waals surface area contributed by atoms with E-state index in [0.717, 1.165) is 29.4 Å². The quantitative estimate of drug-likeness (QED) is 0.432. The number of ether oxygens (including phenoxy) is 1. The van der Waals surface area contributed by atoms with E-state index in [9.17, 15) is 4.79 Å². The molecular weight excluding hydrogens is 346 g/mol. The number of benzene rings is 3. The molecule has 0 atom stereocenters. The second-order valence-corrected chi connectivity index (χ2v) is 6.10. The largest absolute Gasteiger partial charge is 1.00 e. The molecule has 3 aromatic carbocycles. The van der Waals surface area contributed by atoms with Crippen molar-refractivity contribution in [3.05, 3.63) is 83.9 Å². The summed E-state index contributed by atoms with van der Waals surface area (Å²) < 4.78 is 5.65. The minimum atomic E-state index is 0. The van der Waals surface area contributed by atoms with Crippen LogP contribution in [-0.4, -0.2) is 25.5 Å². The predicted molar refractivity (Wildman–Crippen MR) is 101 cm³/mol. The van der Waals surface area contributed by atoms with Crippen molar-refractivity contribution in [2.75, 3.05) is 19.7 Å². The van der Waals surface area contributed by atoms with Gasteiger partial charge in [0.1, 0.15) is 0 Å². The van der Waals surface area contributed by atoms with Crippen LogP contribution in [0.3, 0.4) is 0 Å². The van der Waals surface area contributed by atoms with Crippen LogP contribution in [0.1, 0.15) is 22.3 Å². The lowest BCUT2D eigenvalue weighted by atomic mass is 10.00. The zero-order chi connectivity index (χ0) is 17.3. The maximum atomic E-state index is 12.5. The monoisotopic (exact) mass is 369 g/mol. The molecule has 0 amide bonds. The number of halogens is 1. The summed E-state index contributed by atoms with van der Waals surface area (Å²) in [5.41, 5.74) is 2.01. The van der Waals surface area contributed by atoms with Crippen molar-refractivity contribution < 1.29 is 27.3 Å². The minimum Gasteiger partial charge on any atom is -1.00 e. The lowest BCUT2D eigenvalue weighted by Crippen LogP contribution is -3.00. The number of fused-ring (bicyclic) bond motifs is 1. The first-order valence-electron chi connectivity index (χ1n) is 8.79. The van der Waals surface area contributed by atoms with Crippen LogP contribution in [0.4, 0.5) is 0 Å². The Hall–Kier alpha value is -2.20. The summed E-state index contributed by atoms with van der Waals surface area (Å²) in [7, 11) is 0. The first-order valence-corrected chi connectivity index (χ1v) is 8.79. The molecule has 4 heteroatoms. The van der Waals surface area contributed by atoms with Gasteiger partial charge in [-0.05, 0) is 16.3 Å². The Morgan fingerprint density at radius 3 is 2.42 bits per heavy atom. The first kappa shape index (κ1) is 20.1. The summed E-state index contributed by atoms with van der Waals surface area (Å²) >= 11 is 0. The average molecular weight is 370 g/mol. The Labute approximate surface area is 160 Å². The van der Waals surface area contributed by atoms with Gasteiger partial charge in [-0.1, -0.05) is 72.8 Å². The molecule has 0 aliphatic heterocycles. The van der Waals surface area contributed by atoms with Crippen molar-refractivity contribution >= 4 is 16.6 Å². The summed E-state index contributed by atoms with van der Waals surface area (Å²) in [6, 6.07) is 24.1. The molecule has 0 heterocycles. The number of rotatable bonds is 9. The molecule has 0 saturated heterocycles. The molecule has 0 aromatic heterocycles. The number of quaternary nitrogens is 1. The number of nitrogens with two attached hydrogens (primary N) is 1. The van der Waals surface area contributed by atoms with Crippen LogP contribution in [0.25, 0.3) is 10.8 Å². The molecule has 0 bridgehead atoms.